The normalized spacial score (nSPS) is 14.2. The maximum atomic E-state index is 11.9. The third-order valence-electron chi connectivity index (χ3n) is 3.08. The molecule has 0 radical (unpaired) electrons. The summed E-state index contributed by atoms with van der Waals surface area (Å²) in [6, 6.07) is 2.68. The van der Waals surface area contributed by atoms with Gasteiger partial charge in [-0.1, -0.05) is 0 Å². The number of nitrogens with one attached hydrogen (secondary N) is 2. The Morgan fingerprint density at radius 2 is 2.15 bits per heavy atom. The van der Waals surface area contributed by atoms with E-state index in [1.807, 2.05) is 0 Å². The van der Waals surface area contributed by atoms with E-state index in [-0.39, 0.29) is 29.8 Å². The van der Waals surface area contributed by atoms with Crippen molar-refractivity contribution in [3.8, 4) is 0 Å². The highest BCUT2D eigenvalue weighted by Gasteiger charge is 2.20. The zero-order chi connectivity index (χ0) is 14.5. The van der Waals surface area contributed by atoms with Gasteiger partial charge < -0.3 is 15.6 Å². The molecule has 0 aromatic carbocycles. The molecule has 0 aliphatic carbocycles. The first-order valence-electron chi connectivity index (χ1n) is 6.25. The van der Waals surface area contributed by atoms with E-state index < -0.39 is 4.92 Å². The number of hydrazine groups is 1. The third-order valence-corrected chi connectivity index (χ3v) is 3.08. The van der Waals surface area contributed by atoms with E-state index in [1.165, 1.54) is 12.1 Å². The van der Waals surface area contributed by atoms with Gasteiger partial charge >= 0.3 is 5.69 Å². The van der Waals surface area contributed by atoms with Crippen molar-refractivity contribution < 1.29 is 9.72 Å². The summed E-state index contributed by atoms with van der Waals surface area (Å²) in [5.74, 6) is 5.43. The molecule has 108 valence electrons. The first-order valence-corrected chi connectivity index (χ1v) is 6.25. The lowest BCUT2D eigenvalue weighted by atomic mass is 10.3. The lowest BCUT2D eigenvalue weighted by Gasteiger charge is -2.15. The molecule has 1 amide bonds. The fourth-order valence-electron chi connectivity index (χ4n) is 2.05. The number of amides is 1. The molecule has 1 aromatic heterocycles. The van der Waals surface area contributed by atoms with Crippen LogP contribution in [0.1, 0.15) is 12.8 Å². The minimum atomic E-state index is -0.560. The van der Waals surface area contributed by atoms with Crippen molar-refractivity contribution in [2.75, 3.05) is 30.4 Å². The number of aromatic nitrogens is 1. The van der Waals surface area contributed by atoms with Crippen LogP contribution in [-0.2, 0) is 4.79 Å². The van der Waals surface area contributed by atoms with Gasteiger partial charge in [0.05, 0.1) is 11.5 Å². The lowest BCUT2D eigenvalue weighted by molar-refractivity contribution is -0.384. The molecule has 9 heteroatoms. The molecule has 20 heavy (non-hydrogen) atoms. The fourth-order valence-corrected chi connectivity index (χ4v) is 2.05. The summed E-state index contributed by atoms with van der Waals surface area (Å²) in [6.45, 7) is 1.45. The average molecular weight is 280 g/mol. The molecule has 0 saturated carbocycles. The van der Waals surface area contributed by atoms with Crippen molar-refractivity contribution in [2.24, 2.45) is 5.84 Å². The summed E-state index contributed by atoms with van der Waals surface area (Å²) in [6.07, 6.45) is 1.99. The topological polar surface area (TPSA) is 126 Å². The van der Waals surface area contributed by atoms with E-state index in [1.54, 1.807) is 4.90 Å². The van der Waals surface area contributed by atoms with E-state index >= 15 is 0 Å². The van der Waals surface area contributed by atoms with Gasteiger partial charge in [-0.25, -0.2) is 10.8 Å². The molecule has 1 fully saturated rings. The summed E-state index contributed by atoms with van der Waals surface area (Å²) < 4.78 is 0. The summed E-state index contributed by atoms with van der Waals surface area (Å²) in [5.41, 5.74) is 2.11. The Bertz CT molecular complexity index is 515. The van der Waals surface area contributed by atoms with E-state index in [0.29, 0.717) is 0 Å². The number of nitrogens with zero attached hydrogens (tertiary/aromatic N) is 3. The first-order chi connectivity index (χ1) is 9.61. The number of nitrogens with two attached hydrogens (primary N) is 1. The molecule has 0 bridgehead atoms. The molecule has 4 N–H and O–H groups in total. The molecule has 0 atom stereocenters. The van der Waals surface area contributed by atoms with Crippen molar-refractivity contribution in [1.29, 1.82) is 0 Å². The van der Waals surface area contributed by atoms with E-state index in [4.69, 9.17) is 5.84 Å². The van der Waals surface area contributed by atoms with E-state index in [0.717, 1.165) is 25.9 Å². The van der Waals surface area contributed by atoms with Crippen molar-refractivity contribution in [3.05, 3.63) is 22.2 Å². The van der Waals surface area contributed by atoms with Crippen LogP contribution in [0.4, 0.5) is 17.3 Å². The van der Waals surface area contributed by atoms with Gasteiger partial charge in [-0.05, 0) is 18.9 Å². The number of nitrogen functional groups attached to an aromatic ring is 1. The Labute approximate surface area is 115 Å². The Kier molecular flexibility index (Phi) is 4.31. The Balaban J connectivity index is 2.06. The van der Waals surface area contributed by atoms with Gasteiger partial charge in [-0.15, -0.1) is 0 Å². The molecule has 2 heterocycles. The molecule has 1 saturated heterocycles. The standard InChI is InChI=1S/C11H16N6O3/c12-15-9-4-3-8(17(19)20)11(14-9)13-7-10(18)16-5-1-2-6-16/h3-4H,1-2,5-7,12H2,(H2,13,14,15). The molecule has 1 aromatic rings. The van der Waals surface area contributed by atoms with Crippen molar-refractivity contribution in [3.63, 3.8) is 0 Å². The van der Waals surface area contributed by atoms with Crippen LogP contribution in [0.3, 0.4) is 0 Å². The fraction of sp³-hybridized carbons (Fsp3) is 0.455. The second kappa shape index (κ2) is 6.15. The zero-order valence-electron chi connectivity index (χ0n) is 10.8. The Morgan fingerprint density at radius 1 is 1.45 bits per heavy atom. The van der Waals surface area contributed by atoms with Crippen molar-refractivity contribution >= 4 is 23.2 Å². The van der Waals surface area contributed by atoms with Crippen molar-refractivity contribution in [1.82, 2.24) is 9.88 Å². The number of hydrogen-bond acceptors (Lipinski definition) is 7. The van der Waals surface area contributed by atoms with Crippen LogP contribution < -0.4 is 16.6 Å². The highest BCUT2D eigenvalue weighted by atomic mass is 16.6. The number of rotatable bonds is 5. The van der Waals surface area contributed by atoms with E-state index in [2.05, 4.69) is 15.7 Å². The highest BCUT2D eigenvalue weighted by Crippen LogP contribution is 2.23. The van der Waals surface area contributed by atoms with Crippen molar-refractivity contribution in [2.45, 2.75) is 12.8 Å². The van der Waals surface area contributed by atoms with Crippen LogP contribution in [0.5, 0.6) is 0 Å². The minimum absolute atomic E-state index is 0.0259. The van der Waals surface area contributed by atoms with Crippen LogP contribution in [0.2, 0.25) is 0 Å². The van der Waals surface area contributed by atoms with Gasteiger partial charge in [-0.2, -0.15) is 0 Å². The SMILES string of the molecule is NNc1ccc([N+](=O)[O-])c(NCC(=O)N2CCCC2)n1. The molecule has 9 nitrogen and oxygen atoms in total. The monoisotopic (exact) mass is 280 g/mol. The lowest BCUT2D eigenvalue weighted by Crippen LogP contribution is -2.33. The first kappa shape index (κ1) is 14.0. The molecule has 2 rings (SSSR count). The van der Waals surface area contributed by atoms with Crippen LogP contribution in [-0.4, -0.2) is 40.3 Å². The predicted molar refractivity (Wildman–Crippen MR) is 73.0 cm³/mol. The maximum absolute atomic E-state index is 11.9. The summed E-state index contributed by atoms with van der Waals surface area (Å²) in [5, 5.41) is 13.6. The molecule has 1 aliphatic heterocycles. The number of carbonyl (C=O) groups excluding carboxylic acids is 1. The predicted octanol–water partition coefficient (Wildman–Crippen LogP) is 0.310. The maximum Gasteiger partial charge on any atom is 0.311 e. The molecular weight excluding hydrogens is 264 g/mol. The smallest absolute Gasteiger partial charge is 0.311 e. The van der Waals surface area contributed by atoms with E-state index in [9.17, 15) is 14.9 Å². The van der Waals surface area contributed by atoms with Crippen LogP contribution >= 0.6 is 0 Å². The second-order valence-corrected chi connectivity index (χ2v) is 4.41. The largest absolute Gasteiger partial charge is 0.355 e. The summed E-state index contributed by atoms with van der Waals surface area (Å²) in [7, 11) is 0. The van der Waals surface area contributed by atoms with Crippen LogP contribution in [0.25, 0.3) is 0 Å². The molecule has 1 aliphatic rings. The van der Waals surface area contributed by atoms with Gasteiger partial charge in [0.2, 0.25) is 11.7 Å². The average Bonchev–Trinajstić information content (AvgIpc) is 2.98. The summed E-state index contributed by atoms with van der Waals surface area (Å²) in [4.78, 5) is 27.9. The van der Waals surface area contributed by atoms with Crippen LogP contribution in [0, 0.1) is 10.1 Å². The van der Waals surface area contributed by atoms with Gasteiger partial charge in [0.1, 0.15) is 5.82 Å². The van der Waals surface area contributed by atoms with Crippen LogP contribution in [0.15, 0.2) is 12.1 Å². The number of carbonyl (C=O) groups is 1. The highest BCUT2D eigenvalue weighted by molar-refractivity contribution is 5.81. The number of anilines is 2. The number of pyridine rings is 1. The Morgan fingerprint density at radius 3 is 2.75 bits per heavy atom. The molecule has 0 unspecified atom stereocenters. The number of hydrogen-bond donors (Lipinski definition) is 3. The Hall–Kier alpha value is -2.42. The quantitative estimate of drug-likeness (QED) is 0.402. The minimum Gasteiger partial charge on any atom is -0.355 e. The van der Waals surface area contributed by atoms with Gasteiger partial charge in [-0.3, -0.25) is 14.9 Å². The molecular formula is C11H16N6O3. The molecule has 0 spiro atoms. The van der Waals surface area contributed by atoms with Gasteiger partial charge in [0.25, 0.3) is 0 Å². The second-order valence-electron chi connectivity index (χ2n) is 4.41. The zero-order valence-corrected chi connectivity index (χ0v) is 10.8. The van der Waals surface area contributed by atoms with Gasteiger partial charge in [0.15, 0.2) is 0 Å². The third kappa shape index (κ3) is 3.12. The number of likely N-dealkylation sites (tertiary alicyclic amines) is 1. The number of nitro groups is 1. The summed E-state index contributed by atoms with van der Waals surface area (Å²) >= 11 is 0. The van der Waals surface area contributed by atoms with Gasteiger partial charge in [0, 0.05) is 19.2 Å².